The van der Waals surface area contributed by atoms with Gasteiger partial charge in [-0.1, -0.05) is 19.0 Å². The maximum absolute atomic E-state index is 8.38. The van der Waals surface area contributed by atoms with Crippen LogP contribution < -0.4 is 11.1 Å². The molecule has 1 saturated carbocycles. The fraction of sp³-hybridized carbons (Fsp3) is 0.917. The lowest BCUT2D eigenvalue weighted by Gasteiger charge is -2.19. The average Bonchev–Trinajstić information content (AvgIpc) is 2.60. The minimum atomic E-state index is 0.336. The summed E-state index contributed by atoms with van der Waals surface area (Å²) in [5.41, 5.74) is 5.40. The molecule has 0 heterocycles. The first-order chi connectivity index (χ1) is 7.65. The summed E-state index contributed by atoms with van der Waals surface area (Å²) in [5.74, 6) is 1.99. The van der Waals surface area contributed by atoms with Gasteiger partial charge in [-0.05, 0) is 44.1 Å². The van der Waals surface area contributed by atoms with E-state index >= 15 is 0 Å². The molecular weight excluding hydrogens is 202 g/mol. The molecule has 0 saturated heterocycles. The Morgan fingerprint density at radius 3 is 2.69 bits per heavy atom. The van der Waals surface area contributed by atoms with E-state index in [1.54, 1.807) is 0 Å². The summed E-state index contributed by atoms with van der Waals surface area (Å²) in [6, 6.07) is 0.693. The molecule has 0 aliphatic heterocycles. The SMILES string of the molecule is CC1CCC(NCCCCC(N)=NO)C1C. The van der Waals surface area contributed by atoms with E-state index in [-0.39, 0.29) is 0 Å². The minimum absolute atomic E-state index is 0.336. The molecule has 1 fully saturated rings. The Morgan fingerprint density at radius 1 is 1.38 bits per heavy atom. The van der Waals surface area contributed by atoms with E-state index in [2.05, 4.69) is 24.3 Å². The Morgan fingerprint density at radius 2 is 2.12 bits per heavy atom. The number of amidine groups is 1. The number of rotatable bonds is 6. The van der Waals surface area contributed by atoms with Crippen LogP contribution in [-0.2, 0) is 0 Å². The third-order valence-electron chi connectivity index (χ3n) is 3.86. The van der Waals surface area contributed by atoms with Gasteiger partial charge in [0.2, 0.25) is 0 Å². The minimum Gasteiger partial charge on any atom is -0.409 e. The lowest BCUT2D eigenvalue weighted by Crippen LogP contribution is -2.33. The summed E-state index contributed by atoms with van der Waals surface area (Å²) in [4.78, 5) is 0. The van der Waals surface area contributed by atoms with Gasteiger partial charge in [-0.3, -0.25) is 0 Å². The average molecular weight is 227 g/mol. The van der Waals surface area contributed by atoms with Gasteiger partial charge in [0, 0.05) is 12.5 Å². The van der Waals surface area contributed by atoms with Crippen molar-refractivity contribution in [3.8, 4) is 0 Å². The summed E-state index contributed by atoms with van der Waals surface area (Å²) < 4.78 is 0. The third-order valence-corrected chi connectivity index (χ3v) is 3.86. The van der Waals surface area contributed by atoms with E-state index < -0.39 is 0 Å². The van der Waals surface area contributed by atoms with Gasteiger partial charge in [0.1, 0.15) is 5.84 Å². The summed E-state index contributed by atoms with van der Waals surface area (Å²) in [7, 11) is 0. The maximum atomic E-state index is 8.38. The van der Waals surface area contributed by atoms with Gasteiger partial charge in [-0.15, -0.1) is 0 Å². The van der Waals surface area contributed by atoms with Crippen molar-refractivity contribution in [2.24, 2.45) is 22.7 Å². The number of hydrogen-bond acceptors (Lipinski definition) is 3. The molecule has 3 unspecified atom stereocenters. The lowest BCUT2D eigenvalue weighted by atomic mass is 9.98. The van der Waals surface area contributed by atoms with Crippen molar-refractivity contribution >= 4 is 5.84 Å². The van der Waals surface area contributed by atoms with Crippen molar-refractivity contribution < 1.29 is 5.21 Å². The molecule has 4 heteroatoms. The van der Waals surface area contributed by atoms with E-state index in [1.807, 2.05) is 0 Å². The molecule has 16 heavy (non-hydrogen) atoms. The zero-order valence-corrected chi connectivity index (χ0v) is 10.4. The first kappa shape index (κ1) is 13.3. The van der Waals surface area contributed by atoms with Crippen molar-refractivity contribution in [3.63, 3.8) is 0 Å². The second-order valence-electron chi connectivity index (χ2n) is 5.02. The second-order valence-corrected chi connectivity index (χ2v) is 5.02. The topological polar surface area (TPSA) is 70.6 Å². The Labute approximate surface area is 98.3 Å². The molecule has 3 atom stereocenters. The van der Waals surface area contributed by atoms with Crippen LogP contribution in [0.3, 0.4) is 0 Å². The molecule has 4 nitrogen and oxygen atoms in total. The second kappa shape index (κ2) is 6.74. The van der Waals surface area contributed by atoms with Crippen molar-refractivity contribution in [3.05, 3.63) is 0 Å². The van der Waals surface area contributed by atoms with Crippen LogP contribution in [-0.4, -0.2) is 23.6 Å². The predicted molar refractivity (Wildman–Crippen MR) is 66.6 cm³/mol. The normalized spacial score (nSPS) is 30.9. The van der Waals surface area contributed by atoms with Gasteiger partial charge < -0.3 is 16.3 Å². The first-order valence-corrected chi connectivity index (χ1v) is 6.35. The molecule has 1 rings (SSSR count). The Hall–Kier alpha value is -0.770. The van der Waals surface area contributed by atoms with Crippen molar-refractivity contribution in [2.45, 2.75) is 52.0 Å². The fourth-order valence-electron chi connectivity index (χ4n) is 2.42. The number of nitrogens with two attached hydrogens (primary N) is 1. The van der Waals surface area contributed by atoms with Crippen LogP contribution in [0.2, 0.25) is 0 Å². The van der Waals surface area contributed by atoms with Crippen LogP contribution in [0.5, 0.6) is 0 Å². The van der Waals surface area contributed by atoms with Crippen LogP contribution >= 0.6 is 0 Å². The smallest absolute Gasteiger partial charge is 0.139 e. The molecule has 0 bridgehead atoms. The Bertz CT molecular complexity index is 230. The summed E-state index contributed by atoms with van der Waals surface area (Å²) in [6.07, 6.45) is 5.42. The van der Waals surface area contributed by atoms with E-state index in [9.17, 15) is 0 Å². The zero-order valence-electron chi connectivity index (χ0n) is 10.4. The van der Waals surface area contributed by atoms with Crippen LogP contribution in [0.25, 0.3) is 0 Å². The summed E-state index contributed by atoms with van der Waals surface area (Å²) in [5, 5.41) is 14.9. The predicted octanol–water partition coefficient (Wildman–Crippen LogP) is 1.93. The fourth-order valence-corrected chi connectivity index (χ4v) is 2.42. The molecule has 0 aromatic rings. The van der Waals surface area contributed by atoms with Gasteiger partial charge >= 0.3 is 0 Å². The van der Waals surface area contributed by atoms with E-state index in [0.29, 0.717) is 18.3 Å². The molecule has 0 aromatic heterocycles. The molecule has 94 valence electrons. The summed E-state index contributed by atoms with van der Waals surface area (Å²) >= 11 is 0. The highest BCUT2D eigenvalue weighted by Crippen LogP contribution is 2.30. The molecule has 0 spiro atoms. The van der Waals surface area contributed by atoms with Crippen LogP contribution in [0.1, 0.15) is 46.0 Å². The van der Waals surface area contributed by atoms with E-state index in [0.717, 1.165) is 31.2 Å². The molecule has 0 amide bonds. The number of nitrogens with zero attached hydrogens (tertiary/aromatic N) is 1. The first-order valence-electron chi connectivity index (χ1n) is 6.35. The molecule has 0 aromatic carbocycles. The largest absolute Gasteiger partial charge is 0.409 e. The molecule has 0 radical (unpaired) electrons. The molecule has 1 aliphatic carbocycles. The van der Waals surface area contributed by atoms with Crippen LogP contribution in [0.4, 0.5) is 0 Å². The van der Waals surface area contributed by atoms with Gasteiger partial charge in [0.15, 0.2) is 0 Å². The number of hydrogen-bond donors (Lipinski definition) is 3. The standard InChI is InChI=1S/C12H25N3O/c1-9-6-7-11(10(9)2)14-8-4-3-5-12(13)15-16/h9-11,14,16H,3-8H2,1-2H3,(H2,13,15). The van der Waals surface area contributed by atoms with Gasteiger partial charge in [-0.2, -0.15) is 0 Å². The third kappa shape index (κ3) is 4.00. The highest BCUT2D eigenvalue weighted by atomic mass is 16.4. The van der Waals surface area contributed by atoms with E-state index in [1.165, 1.54) is 12.8 Å². The van der Waals surface area contributed by atoms with Gasteiger partial charge in [0.05, 0.1) is 0 Å². The Balaban J connectivity index is 2.03. The lowest BCUT2D eigenvalue weighted by molar-refractivity contribution is 0.316. The molecule has 1 aliphatic rings. The van der Waals surface area contributed by atoms with Crippen molar-refractivity contribution in [2.75, 3.05) is 6.54 Å². The number of oxime groups is 1. The van der Waals surface area contributed by atoms with Crippen LogP contribution in [0.15, 0.2) is 5.16 Å². The highest BCUT2D eigenvalue weighted by molar-refractivity contribution is 5.79. The maximum Gasteiger partial charge on any atom is 0.139 e. The van der Waals surface area contributed by atoms with Gasteiger partial charge in [0.25, 0.3) is 0 Å². The molecule has 4 N–H and O–H groups in total. The van der Waals surface area contributed by atoms with Crippen molar-refractivity contribution in [1.82, 2.24) is 5.32 Å². The quantitative estimate of drug-likeness (QED) is 0.213. The van der Waals surface area contributed by atoms with Crippen molar-refractivity contribution in [1.29, 1.82) is 0 Å². The number of nitrogens with one attached hydrogen (secondary N) is 1. The van der Waals surface area contributed by atoms with Crippen LogP contribution in [0, 0.1) is 11.8 Å². The summed E-state index contributed by atoms with van der Waals surface area (Å²) in [6.45, 7) is 5.72. The Kier molecular flexibility index (Phi) is 5.60. The monoisotopic (exact) mass is 227 g/mol. The zero-order chi connectivity index (χ0) is 12.0. The number of unbranched alkanes of at least 4 members (excludes halogenated alkanes) is 1. The van der Waals surface area contributed by atoms with Gasteiger partial charge in [-0.25, -0.2) is 0 Å². The molecular formula is C12H25N3O. The highest BCUT2D eigenvalue weighted by Gasteiger charge is 2.28. The van der Waals surface area contributed by atoms with E-state index in [4.69, 9.17) is 10.9 Å².